The maximum atomic E-state index is 12.0. The van der Waals surface area contributed by atoms with E-state index in [1.165, 1.54) is 12.0 Å². The van der Waals surface area contributed by atoms with Gasteiger partial charge in [-0.3, -0.25) is 4.90 Å². The Balaban J connectivity index is 2.22. The Bertz CT molecular complexity index is 534. The first-order valence-corrected chi connectivity index (χ1v) is 7.24. The van der Waals surface area contributed by atoms with Crippen LogP contribution < -0.4 is 0 Å². The lowest BCUT2D eigenvalue weighted by Gasteiger charge is -2.22. The molecule has 1 aromatic rings. The first kappa shape index (κ1) is 15.6. The highest BCUT2D eigenvalue weighted by Crippen LogP contribution is 2.26. The van der Waals surface area contributed by atoms with Crippen LogP contribution in [0.25, 0.3) is 0 Å². The van der Waals surface area contributed by atoms with Crippen LogP contribution in [0.3, 0.4) is 0 Å². The third-order valence-electron chi connectivity index (χ3n) is 3.43. The van der Waals surface area contributed by atoms with E-state index >= 15 is 0 Å². The summed E-state index contributed by atoms with van der Waals surface area (Å²) in [5.74, 6) is -0.457. The van der Waals surface area contributed by atoms with Gasteiger partial charge in [0.1, 0.15) is 6.10 Å². The summed E-state index contributed by atoms with van der Waals surface area (Å²) in [6.45, 7) is 2.24. The van der Waals surface area contributed by atoms with Crippen molar-refractivity contribution in [2.45, 2.75) is 38.5 Å². The van der Waals surface area contributed by atoms with Crippen molar-refractivity contribution in [1.82, 2.24) is 4.90 Å². The average Bonchev–Trinajstić information content (AvgIpc) is 2.75. The zero-order valence-electron chi connectivity index (χ0n) is 12.0. The van der Waals surface area contributed by atoms with Gasteiger partial charge in [0.25, 0.3) is 0 Å². The fourth-order valence-corrected chi connectivity index (χ4v) is 2.68. The molecule has 2 atom stereocenters. The number of benzene rings is 1. The Morgan fingerprint density at radius 1 is 1.48 bits per heavy atom. The van der Waals surface area contributed by atoms with Gasteiger partial charge >= 0.3 is 12.1 Å². The number of hydrogen-bond donors (Lipinski definition) is 0. The lowest BCUT2D eigenvalue weighted by molar-refractivity contribution is -0.146. The number of hydrogen-bond acceptors (Lipinski definition) is 4. The van der Waals surface area contributed by atoms with Crippen molar-refractivity contribution >= 4 is 23.7 Å². The Hall–Kier alpha value is -1.75. The van der Waals surface area contributed by atoms with Crippen molar-refractivity contribution in [3.8, 4) is 0 Å². The van der Waals surface area contributed by atoms with Crippen LogP contribution in [0.1, 0.15) is 25.3 Å². The SMILES string of the molecule is CCC[C@@H]1OC(=O)N(Cc2cccc(Cl)c2)[C@H]1C(=O)OC. The highest BCUT2D eigenvalue weighted by atomic mass is 35.5. The minimum Gasteiger partial charge on any atom is -0.467 e. The number of nitrogens with zero attached hydrogens (tertiary/aromatic N) is 1. The maximum absolute atomic E-state index is 12.0. The van der Waals surface area contributed by atoms with E-state index in [2.05, 4.69) is 0 Å². The third kappa shape index (κ3) is 3.47. The van der Waals surface area contributed by atoms with Gasteiger partial charge in [0.2, 0.25) is 0 Å². The molecule has 0 aliphatic carbocycles. The van der Waals surface area contributed by atoms with Crippen LogP contribution >= 0.6 is 11.6 Å². The highest BCUT2D eigenvalue weighted by molar-refractivity contribution is 6.30. The standard InChI is InChI=1S/C15H18ClNO4/c1-3-5-12-13(14(18)20-2)17(15(19)21-12)9-10-6-4-7-11(16)8-10/h4,6-8,12-13H,3,5,9H2,1-2H3/t12-,13+/m0/s1. The molecule has 1 heterocycles. The molecule has 1 aromatic carbocycles. The van der Waals surface area contributed by atoms with Crippen LogP contribution in [0.2, 0.25) is 5.02 Å². The largest absolute Gasteiger partial charge is 0.467 e. The second-order valence-electron chi connectivity index (χ2n) is 4.94. The van der Waals surface area contributed by atoms with E-state index in [1.54, 1.807) is 18.2 Å². The van der Waals surface area contributed by atoms with Crippen LogP contribution in [-0.4, -0.2) is 36.2 Å². The van der Waals surface area contributed by atoms with Gasteiger partial charge in [-0.2, -0.15) is 0 Å². The Kier molecular flexibility index (Phi) is 5.07. The van der Waals surface area contributed by atoms with Crippen LogP contribution in [0.15, 0.2) is 24.3 Å². The molecule has 114 valence electrons. The average molecular weight is 312 g/mol. The van der Waals surface area contributed by atoms with E-state index in [0.29, 0.717) is 11.4 Å². The number of rotatable bonds is 5. The Labute approximate surface area is 128 Å². The second kappa shape index (κ2) is 6.80. The van der Waals surface area contributed by atoms with E-state index in [4.69, 9.17) is 21.1 Å². The molecule has 0 saturated carbocycles. The maximum Gasteiger partial charge on any atom is 0.411 e. The third-order valence-corrected chi connectivity index (χ3v) is 3.67. The van der Waals surface area contributed by atoms with Gasteiger partial charge in [0, 0.05) is 5.02 Å². The van der Waals surface area contributed by atoms with Crippen molar-refractivity contribution in [3.05, 3.63) is 34.9 Å². The van der Waals surface area contributed by atoms with E-state index in [9.17, 15) is 9.59 Å². The van der Waals surface area contributed by atoms with Crippen LogP contribution in [0, 0.1) is 0 Å². The smallest absolute Gasteiger partial charge is 0.411 e. The zero-order chi connectivity index (χ0) is 15.4. The quantitative estimate of drug-likeness (QED) is 0.784. The fourth-order valence-electron chi connectivity index (χ4n) is 2.47. The molecule has 0 aromatic heterocycles. The summed E-state index contributed by atoms with van der Waals surface area (Å²) in [5.41, 5.74) is 0.838. The predicted molar refractivity (Wildman–Crippen MR) is 78.0 cm³/mol. The summed E-state index contributed by atoms with van der Waals surface area (Å²) in [6.07, 6.45) is 0.478. The van der Waals surface area contributed by atoms with Crippen molar-refractivity contribution in [3.63, 3.8) is 0 Å². The number of methoxy groups -OCH3 is 1. The van der Waals surface area contributed by atoms with Crippen LogP contribution in [0.4, 0.5) is 4.79 Å². The van der Waals surface area contributed by atoms with Crippen molar-refractivity contribution < 1.29 is 19.1 Å². The summed E-state index contributed by atoms with van der Waals surface area (Å²) in [5, 5.41) is 0.583. The normalized spacial score (nSPS) is 21.3. The van der Waals surface area contributed by atoms with E-state index in [0.717, 1.165) is 12.0 Å². The van der Waals surface area contributed by atoms with Gasteiger partial charge < -0.3 is 9.47 Å². The molecule has 1 saturated heterocycles. The fraction of sp³-hybridized carbons (Fsp3) is 0.467. The zero-order valence-corrected chi connectivity index (χ0v) is 12.8. The number of carbonyl (C=O) groups excluding carboxylic acids is 2. The minimum atomic E-state index is -0.707. The second-order valence-corrected chi connectivity index (χ2v) is 5.37. The number of carbonyl (C=O) groups is 2. The molecule has 5 nitrogen and oxygen atoms in total. The van der Waals surface area contributed by atoms with Gasteiger partial charge in [0.05, 0.1) is 13.7 Å². The molecule has 0 radical (unpaired) electrons. The first-order valence-electron chi connectivity index (χ1n) is 6.86. The molecule has 0 bridgehead atoms. The van der Waals surface area contributed by atoms with Crippen LogP contribution in [-0.2, 0) is 20.8 Å². The van der Waals surface area contributed by atoms with Gasteiger partial charge in [-0.1, -0.05) is 37.1 Å². The molecule has 1 amide bonds. The van der Waals surface area contributed by atoms with Gasteiger partial charge in [-0.15, -0.1) is 0 Å². The number of cyclic esters (lactones) is 1. The number of amides is 1. The predicted octanol–water partition coefficient (Wildman–Crippen LogP) is 3.00. The molecule has 1 aliphatic heterocycles. The van der Waals surface area contributed by atoms with Gasteiger partial charge in [-0.25, -0.2) is 9.59 Å². The monoisotopic (exact) mass is 311 g/mol. The number of ether oxygens (including phenoxy) is 2. The molecule has 0 N–H and O–H groups in total. The minimum absolute atomic E-state index is 0.263. The molecular weight excluding hydrogens is 294 g/mol. The number of halogens is 1. The summed E-state index contributed by atoms with van der Waals surface area (Å²) in [6, 6.07) is 6.46. The van der Waals surface area contributed by atoms with E-state index in [1.807, 2.05) is 13.0 Å². The highest BCUT2D eigenvalue weighted by Gasteiger charge is 2.46. The molecule has 1 fully saturated rings. The van der Waals surface area contributed by atoms with Crippen molar-refractivity contribution in [1.29, 1.82) is 0 Å². The lowest BCUT2D eigenvalue weighted by Crippen LogP contribution is -2.43. The van der Waals surface area contributed by atoms with E-state index in [-0.39, 0.29) is 6.54 Å². The summed E-state index contributed by atoms with van der Waals surface area (Å²) >= 11 is 5.94. The molecule has 21 heavy (non-hydrogen) atoms. The van der Waals surface area contributed by atoms with Crippen molar-refractivity contribution in [2.24, 2.45) is 0 Å². The summed E-state index contributed by atoms with van der Waals surface area (Å²) in [7, 11) is 1.31. The summed E-state index contributed by atoms with van der Waals surface area (Å²) < 4.78 is 10.1. The summed E-state index contributed by atoms with van der Waals surface area (Å²) in [4.78, 5) is 25.4. The first-order chi connectivity index (χ1) is 10.1. The molecular formula is C15H18ClNO4. The lowest BCUT2D eigenvalue weighted by atomic mass is 10.1. The number of esters is 1. The molecule has 0 spiro atoms. The molecule has 6 heteroatoms. The van der Waals surface area contributed by atoms with E-state index < -0.39 is 24.2 Å². The van der Waals surface area contributed by atoms with Crippen molar-refractivity contribution in [2.75, 3.05) is 7.11 Å². The Morgan fingerprint density at radius 2 is 2.24 bits per heavy atom. The topological polar surface area (TPSA) is 55.8 Å². The molecule has 1 aliphatic rings. The van der Waals surface area contributed by atoms with Crippen LogP contribution in [0.5, 0.6) is 0 Å². The Morgan fingerprint density at radius 3 is 2.86 bits per heavy atom. The molecule has 2 rings (SSSR count). The molecule has 0 unspecified atom stereocenters. The van der Waals surface area contributed by atoms with Gasteiger partial charge in [-0.05, 0) is 24.1 Å². The van der Waals surface area contributed by atoms with Gasteiger partial charge in [0.15, 0.2) is 6.04 Å².